The van der Waals surface area contributed by atoms with Crippen LogP contribution in [0.25, 0.3) is 0 Å². The molecular formula is C15H18N2O4S. The van der Waals surface area contributed by atoms with Gasteiger partial charge >= 0.3 is 5.97 Å². The van der Waals surface area contributed by atoms with Crippen LogP contribution in [0.4, 0.5) is 10.8 Å². The Balaban J connectivity index is 2.30. The average molecular weight is 322 g/mol. The van der Waals surface area contributed by atoms with Gasteiger partial charge in [0.25, 0.3) is 0 Å². The topological polar surface area (TPSA) is 80.7 Å². The molecule has 6 nitrogen and oxygen atoms in total. The number of carboxylic acid groups (broad SMARTS) is 1. The van der Waals surface area contributed by atoms with E-state index < -0.39 is 5.97 Å². The molecule has 2 N–H and O–H groups in total. The SMILES string of the molecule is CCCc1nc(Nc2ccc(OC)cc2OC)sc1C(=O)O. The highest BCUT2D eigenvalue weighted by molar-refractivity contribution is 7.17. The van der Waals surface area contributed by atoms with Crippen LogP contribution in [0.3, 0.4) is 0 Å². The molecule has 0 aliphatic heterocycles. The third-order valence-corrected chi connectivity index (χ3v) is 4.03. The second-order valence-electron chi connectivity index (χ2n) is 4.54. The van der Waals surface area contributed by atoms with Crippen LogP contribution in [0.1, 0.15) is 28.7 Å². The van der Waals surface area contributed by atoms with Gasteiger partial charge in [-0.05, 0) is 18.6 Å². The molecule has 2 rings (SSSR count). The number of rotatable bonds is 7. The van der Waals surface area contributed by atoms with E-state index in [0.29, 0.717) is 34.4 Å². The van der Waals surface area contributed by atoms with Gasteiger partial charge in [0.1, 0.15) is 16.4 Å². The van der Waals surface area contributed by atoms with Crippen molar-refractivity contribution in [1.82, 2.24) is 4.98 Å². The number of aryl methyl sites for hydroxylation is 1. The van der Waals surface area contributed by atoms with Crippen LogP contribution >= 0.6 is 11.3 Å². The van der Waals surface area contributed by atoms with E-state index in [4.69, 9.17) is 9.47 Å². The van der Waals surface area contributed by atoms with Crippen molar-refractivity contribution in [2.45, 2.75) is 19.8 Å². The van der Waals surface area contributed by atoms with Gasteiger partial charge in [0.05, 0.1) is 25.6 Å². The zero-order chi connectivity index (χ0) is 16.1. The Morgan fingerprint density at radius 1 is 1.36 bits per heavy atom. The predicted molar refractivity (Wildman–Crippen MR) is 85.9 cm³/mol. The summed E-state index contributed by atoms with van der Waals surface area (Å²) in [6.45, 7) is 1.99. The minimum atomic E-state index is -0.948. The first-order valence-electron chi connectivity index (χ1n) is 6.81. The van der Waals surface area contributed by atoms with E-state index in [1.807, 2.05) is 6.92 Å². The first kappa shape index (κ1) is 16.1. The molecule has 7 heteroatoms. The maximum absolute atomic E-state index is 11.3. The Hall–Kier alpha value is -2.28. The first-order chi connectivity index (χ1) is 10.6. The lowest BCUT2D eigenvalue weighted by atomic mass is 10.2. The molecule has 0 fully saturated rings. The molecule has 0 atom stereocenters. The second kappa shape index (κ2) is 7.13. The van der Waals surface area contributed by atoms with Crippen molar-refractivity contribution in [3.8, 4) is 11.5 Å². The van der Waals surface area contributed by atoms with Crippen molar-refractivity contribution in [2.75, 3.05) is 19.5 Å². The van der Waals surface area contributed by atoms with E-state index in [1.54, 1.807) is 32.4 Å². The van der Waals surface area contributed by atoms with Gasteiger partial charge in [-0.3, -0.25) is 0 Å². The number of hydrogen-bond donors (Lipinski definition) is 2. The van der Waals surface area contributed by atoms with E-state index in [1.165, 1.54) is 0 Å². The van der Waals surface area contributed by atoms with Gasteiger partial charge in [0.15, 0.2) is 5.13 Å². The summed E-state index contributed by atoms with van der Waals surface area (Å²) in [4.78, 5) is 15.9. The summed E-state index contributed by atoms with van der Waals surface area (Å²) < 4.78 is 10.5. The first-order valence-corrected chi connectivity index (χ1v) is 7.62. The second-order valence-corrected chi connectivity index (χ2v) is 5.54. The largest absolute Gasteiger partial charge is 0.497 e. The van der Waals surface area contributed by atoms with Crippen molar-refractivity contribution in [3.05, 3.63) is 28.8 Å². The summed E-state index contributed by atoms with van der Waals surface area (Å²) in [5, 5.41) is 12.9. The smallest absolute Gasteiger partial charge is 0.347 e. The lowest BCUT2D eigenvalue weighted by Crippen LogP contribution is -1.98. The monoisotopic (exact) mass is 322 g/mol. The van der Waals surface area contributed by atoms with E-state index in [2.05, 4.69) is 10.3 Å². The number of nitrogens with one attached hydrogen (secondary N) is 1. The molecule has 1 aromatic heterocycles. The number of carboxylic acids is 1. The fraction of sp³-hybridized carbons (Fsp3) is 0.333. The third-order valence-electron chi connectivity index (χ3n) is 3.03. The van der Waals surface area contributed by atoms with Gasteiger partial charge in [-0.15, -0.1) is 0 Å². The Labute approximate surface area is 132 Å². The number of anilines is 2. The normalized spacial score (nSPS) is 10.3. The van der Waals surface area contributed by atoms with Crippen LogP contribution in [0.2, 0.25) is 0 Å². The molecule has 0 aliphatic carbocycles. The molecule has 0 aliphatic rings. The lowest BCUT2D eigenvalue weighted by molar-refractivity contribution is 0.0700. The molecule has 0 saturated carbocycles. The molecule has 0 spiro atoms. The number of aromatic nitrogens is 1. The quantitative estimate of drug-likeness (QED) is 0.811. The third kappa shape index (κ3) is 3.48. The molecule has 1 heterocycles. The van der Waals surface area contributed by atoms with Crippen LogP contribution in [-0.4, -0.2) is 30.3 Å². The Kier molecular flexibility index (Phi) is 5.21. The van der Waals surface area contributed by atoms with Crippen LogP contribution in [0, 0.1) is 0 Å². The maximum Gasteiger partial charge on any atom is 0.347 e. The van der Waals surface area contributed by atoms with Crippen LogP contribution < -0.4 is 14.8 Å². The van der Waals surface area contributed by atoms with Gasteiger partial charge in [0.2, 0.25) is 0 Å². The fourth-order valence-corrected chi connectivity index (χ4v) is 2.86. The molecule has 0 bridgehead atoms. The number of nitrogens with zero attached hydrogens (tertiary/aromatic N) is 1. The standard InChI is InChI=1S/C15H18N2O4S/c1-4-5-11-13(14(18)19)22-15(17-11)16-10-7-6-9(20-2)8-12(10)21-3/h6-8H,4-5H2,1-3H3,(H,16,17)(H,18,19). The highest BCUT2D eigenvalue weighted by Gasteiger charge is 2.17. The molecule has 1 aromatic carbocycles. The summed E-state index contributed by atoms with van der Waals surface area (Å²) in [6.07, 6.45) is 1.48. The van der Waals surface area contributed by atoms with Gasteiger partial charge in [-0.1, -0.05) is 24.7 Å². The number of hydrogen-bond acceptors (Lipinski definition) is 6. The van der Waals surface area contributed by atoms with Crippen molar-refractivity contribution >= 4 is 28.1 Å². The number of carbonyl (C=O) groups is 1. The lowest BCUT2D eigenvalue weighted by Gasteiger charge is -2.10. The number of benzene rings is 1. The van der Waals surface area contributed by atoms with Gasteiger partial charge in [-0.25, -0.2) is 9.78 Å². The van der Waals surface area contributed by atoms with Crippen LogP contribution in [-0.2, 0) is 6.42 Å². The van der Waals surface area contributed by atoms with Crippen LogP contribution in [0.15, 0.2) is 18.2 Å². The minimum absolute atomic E-state index is 0.275. The van der Waals surface area contributed by atoms with Crippen molar-refractivity contribution in [1.29, 1.82) is 0 Å². The van der Waals surface area contributed by atoms with Crippen molar-refractivity contribution < 1.29 is 19.4 Å². The number of thiazole rings is 1. The summed E-state index contributed by atoms with van der Waals surface area (Å²) in [5.41, 5.74) is 1.31. The predicted octanol–water partition coefficient (Wildman–Crippen LogP) is 3.55. The molecule has 0 saturated heterocycles. The summed E-state index contributed by atoms with van der Waals surface area (Å²) >= 11 is 1.12. The highest BCUT2D eigenvalue weighted by Crippen LogP contribution is 2.33. The summed E-state index contributed by atoms with van der Waals surface area (Å²) in [6, 6.07) is 5.35. The number of methoxy groups -OCH3 is 2. The molecule has 0 radical (unpaired) electrons. The van der Waals surface area contributed by atoms with Gasteiger partial charge < -0.3 is 19.9 Å². The van der Waals surface area contributed by atoms with Crippen molar-refractivity contribution in [3.63, 3.8) is 0 Å². The fourth-order valence-electron chi connectivity index (χ4n) is 2.00. The Bertz CT molecular complexity index is 670. The zero-order valence-corrected chi connectivity index (χ0v) is 13.5. The number of aromatic carboxylic acids is 1. The molecule has 0 amide bonds. The molecule has 118 valence electrons. The Morgan fingerprint density at radius 2 is 2.14 bits per heavy atom. The van der Waals surface area contributed by atoms with Gasteiger partial charge in [-0.2, -0.15) is 0 Å². The van der Waals surface area contributed by atoms with E-state index in [9.17, 15) is 9.90 Å². The molecule has 2 aromatic rings. The van der Waals surface area contributed by atoms with Crippen LogP contribution in [0.5, 0.6) is 11.5 Å². The average Bonchev–Trinajstić information content (AvgIpc) is 2.91. The minimum Gasteiger partial charge on any atom is -0.497 e. The van der Waals surface area contributed by atoms with E-state index >= 15 is 0 Å². The molecular weight excluding hydrogens is 304 g/mol. The maximum atomic E-state index is 11.3. The van der Waals surface area contributed by atoms with Crippen molar-refractivity contribution in [2.24, 2.45) is 0 Å². The molecule has 22 heavy (non-hydrogen) atoms. The highest BCUT2D eigenvalue weighted by atomic mass is 32.1. The van der Waals surface area contributed by atoms with E-state index in [-0.39, 0.29) is 4.88 Å². The summed E-state index contributed by atoms with van der Waals surface area (Å²) in [5.74, 6) is 0.332. The number of ether oxygens (including phenoxy) is 2. The summed E-state index contributed by atoms with van der Waals surface area (Å²) in [7, 11) is 3.14. The molecule has 0 unspecified atom stereocenters. The van der Waals surface area contributed by atoms with E-state index in [0.717, 1.165) is 17.8 Å². The Morgan fingerprint density at radius 3 is 2.73 bits per heavy atom. The van der Waals surface area contributed by atoms with Gasteiger partial charge in [0, 0.05) is 6.07 Å². The zero-order valence-electron chi connectivity index (χ0n) is 12.7.